The van der Waals surface area contributed by atoms with E-state index in [1.165, 1.54) is 0 Å². The van der Waals surface area contributed by atoms with Crippen LogP contribution in [0.25, 0.3) is 0 Å². The Morgan fingerprint density at radius 2 is 1.83 bits per heavy atom. The average molecular weight is 350 g/mol. The lowest BCUT2D eigenvalue weighted by atomic mass is 9.93. The van der Waals surface area contributed by atoms with Gasteiger partial charge in [0.1, 0.15) is 0 Å². The fourth-order valence-electron chi connectivity index (χ4n) is 3.29. The number of hydrogen-bond donors (Lipinski definition) is 1. The Morgan fingerprint density at radius 3 is 2.46 bits per heavy atom. The van der Waals surface area contributed by atoms with Gasteiger partial charge in [-0.1, -0.05) is 18.2 Å². The first-order chi connectivity index (χ1) is 11.5. The van der Waals surface area contributed by atoms with Gasteiger partial charge in [-0.05, 0) is 56.6 Å². The van der Waals surface area contributed by atoms with Gasteiger partial charge in [-0.3, -0.25) is 4.79 Å². The Morgan fingerprint density at radius 1 is 1.17 bits per heavy atom. The van der Waals surface area contributed by atoms with Gasteiger partial charge < -0.3 is 5.32 Å². The first kappa shape index (κ1) is 17.4. The van der Waals surface area contributed by atoms with Crippen molar-refractivity contribution < 1.29 is 13.2 Å². The van der Waals surface area contributed by atoms with Gasteiger partial charge in [0.2, 0.25) is 15.9 Å². The topological polar surface area (TPSA) is 66.5 Å². The van der Waals surface area contributed by atoms with Crippen molar-refractivity contribution in [3.05, 3.63) is 29.8 Å². The minimum absolute atomic E-state index is 0.146. The molecule has 0 radical (unpaired) electrons. The van der Waals surface area contributed by atoms with E-state index in [0.717, 1.165) is 37.7 Å². The maximum Gasteiger partial charge on any atom is 0.243 e. The van der Waals surface area contributed by atoms with E-state index in [2.05, 4.69) is 5.32 Å². The standard InChI is InChI=1S/C18H26N2O3S/c1-14-4-2-3-5-17(14)24(22,23)20-12-10-15(11-13-20)6-9-18(21)19-16-7-8-16/h2-5,15-16H,6-13H2,1H3,(H,19,21). The van der Waals surface area contributed by atoms with Crippen molar-refractivity contribution in [3.63, 3.8) is 0 Å². The molecule has 6 heteroatoms. The molecule has 3 rings (SSSR count). The smallest absolute Gasteiger partial charge is 0.243 e. The zero-order valence-electron chi connectivity index (χ0n) is 14.2. The predicted molar refractivity (Wildman–Crippen MR) is 93.1 cm³/mol. The highest BCUT2D eigenvalue weighted by molar-refractivity contribution is 7.89. The number of carbonyl (C=O) groups excluding carboxylic acids is 1. The van der Waals surface area contributed by atoms with Crippen molar-refractivity contribution in [2.24, 2.45) is 5.92 Å². The molecule has 24 heavy (non-hydrogen) atoms. The number of aryl methyl sites for hydroxylation is 1. The van der Waals surface area contributed by atoms with E-state index in [1.807, 2.05) is 19.1 Å². The summed E-state index contributed by atoms with van der Waals surface area (Å²) in [5.41, 5.74) is 0.788. The minimum atomic E-state index is -3.40. The second-order valence-corrected chi connectivity index (χ2v) is 8.90. The summed E-state index contributed by atoms with van der Waals surface area (Å²) in [5.74, 6) is 0.589. The Kier molecular flexibility index (Phi) is 5.25. The van der Waals surface area contributed by atoms with Crippen LogP contribution in [-0.4, -0.2) is 37.8 Å². The summed E-state index contributed by atoms with van der Waals surface area (Å²) in [6.45, 7) is 2.93. The van der Waals surface area contributed by atoms with Crippen molar-refractivity contribution in [3.8, 4) is 0 Å². The molecule has 0 spiro atoms. The number of carbonyl (C=O) groups is 1. The number of amides is 1. The van der Waals surface area contributed by atoms with Crippen LogP contribution >= 0.6 is 0 Å². The van der Waals surface area contributed by atoms with E-state index in [4.69, 9.17) is 0 Å². The predicted octanol–water partition coefficient (Wildman–Crippen LogP) is 2.45. The second-order valence-electron chi connectivity index (χ2n) is 6.99. The highest BCUT2D eigenvalue weighted by Gasteiger charge is 2.30. The zero-order valence-corrected chi connectivity index (χ0v) is 15.0. The van der Waals surface area contributed by atoms with Crippen LogP contribution in [0, 0.1) is 12.8 Å². The summed E-state index contributed by atoms with van der Waals surface area (Å²) in [5, 5.41) is 3.01. The summed E-state index contributed by atoms with van der Waals surface area (Å²) in [6, 6.07) is 7.55. The second kappa shape index (κ2) is 7.23. The molecule has 1 heterocycles. The Bertz CT molecular complexity index is 690. The Balaban J connectivity index is 1.51. The van der Waals surface area contributed by atoms with E-state index in [-0.39, 0.29) is 5.91 Å². The molecule has 0 aromatic heterocycles. The van der Waals surface area contributed by atoms with Gasteiger partial charge in [0.05, 0.1) is 4.90 Å². The number of rotatable bonds is 6. The van der Waals surface area contributed by atoms with Gasteiger partial charge in [0.15, 0.2) is 0 Å². The third kappa shape index (κ3) is 4.16. The van der Waals surface area contributed by atoms with Crippen LogP contribution in [0.1, 0.15) is 44.1 Å². The molecular weight excluding hydrogens is 324 g/mol. The minimum Gasteiger partial charge on any atom is -0.353 e. The van der Waals surface area contributed by atoms with Gasteiger partial charge >= 0.3 is 0 Å². The molecule has 1 saturated heterocycles. The van der Waals surface area contributed by atoms with Crippen molar-refractivity contribution in [1.82, 2.24) is 9.62 Å². The van der Waals surface area contributed by atoms with Crippen LogP contribution in [0.15, 0.2) is 29.2 Å². The first-order valence-electron chi connectivity index (χ1n) is 8.82. The van der Waals surface area contributed by atoms with Crippen LogP contribution in [0.3, 0.4) is 0 Å². The molecule has 0 unspecified atom stereocenters. The summed E-state index contributed by atoms with van der Waals surface area (Å²) in [4.78, 5) is 12.2. The molecule has 1 saturated carbocycles. The van der Waals surface area contributed by atoms with E-state index in [1.54, 1.807) is 16.4 Å². The fourth-order valence-corrected chi connectivity index (χ4v) is 4.98. The van der Waals surface area contributed by atoms with Gasteiger partial charge in [0.25, 0.3) is 0 Å². The molecule has 0 atom stereocenters. The van der Waals surface area contributed by atoms with Crippen LogP contribution < -0.4 is 5.32 Å². The molecule has 2 fully saturated rings. The number of nitrogens with zero attached hydrogens (tertiary/aromatic N) is 1. The number of nitrogens with one attached hydrogen (secondary N) is 1. The van der Waals surface area contributed by atoms with E-state index in [0.29, 0.717) is 36.4 Å². The summed E-state index contributed by atoms with van der Waals surface area (Å²) in [7, 11) is -3.40. The number of piperidine rings is 1. The summed E-state index contributed by atoms with van der Waals surface area (Å²) >= 11 is 0. The molecule has 1 aliphatic heterocycles. The van der Waals surface area contributed by atoms with E-state index >= 15 is 0 Å². The third-order valence-corrected chi connectivity index (χ3v) is 7.07. The first-order valence-corrected chi connectivity index (χ1v) is 10.3. The third-order valence-electron chi connectivity index (χ3n) is 5.01. The molecule has 1 aromatic carbocycles. The number of benzene rings is 1. The summed E-state index contributed by atoms with van der Waals surface area (Å²) in [6.07, 6.45) is 5.31. The summed E-state index contributed by atoms with van der Waals surface area (Å²) < 4.78 is 27.1. The van der Waals surface area contributed by atoms with Gasteiger partial charge in [-0.25, -0.2) is 8.42 Å². The highest BCUT2D eigenvalue weighted by Crippen LogP contribution is 2.28. The quantitative estimate of drug-likeness (QED) is 0.857. The lowest BCUT2D eigenvalue weighted by Crippen LogP contribution is -2.39. The Hall–Kier alpha value is -1.40. The lowest BCUT2D eigenvalue weighted by Gasteiger charge is -2.31. The van der Waals surface area contributed by atoms with Gasteiger partial charge in [-0.15, -0.1) is 0 Å². The van der Waals surface area contributed by atoms with Crippen molar-refractivity contribution in [2.45, 2.75) is 56.4 Å². The van der Waals surface area contributed by atoms with Crippen molar-refractivity contribution in [2.75, 3.05) is 13.1 Å². The van der Waals surface area contributed by atoms with Gasteiger partial charge in [0, 0.05) is 25.6 Å². The van der Waals surface area contributed by atoms with Crippen LogP contribution in [0.2, 0.25) is 0 Å². The zero-order chi connectivity index (χ0) is 17.2. The normalized spacial score (nSPS) is 20.0. The lowest BCUT2D eigenvalue weighted by molar-refractivity contribution is -0.121. The molecule has 1 aliphatic carbocycles. The van der Waals surface area contributed by atoms with Crippen LogP contribution in [0.4, 0.5) is 0 Å². The van der Waals surface area contributed by atoms with Crippen LogP contribution in [-0.2, 0) is 14.8 Å². The largest absolute Gasteiger partial charge is 0.353 e. The maximum atomic E-state index is 12.8. The monoisotopic (exact) mass is 350 g/mol. The van der Waals surface area contributed by atoms with Crippen LogP contribution in [0.5, 0.6) is 0 Å². The maximum absolute atomic E-state index is 12.8. The SMILES string of the molecule is Cc1ccccc1S(=O)(=O)N1CCC(CCC(=O)NC2CC2)CC1. The molecule has 5 nitrogen and oxygen atoms in total. The fraction of sp³-hybridized carbons (Fsp3) is 0.611. The van der Waals surface area contributed by atoms with Gasteiger partial charge in [-0.2, -0.15) is 4.31 Å². The van der Waals surface area contributed by atoms with Crippen molar-refractivity contribution >= 4 is 15.9 Å². The van der Waals surface area contributed by atoms with E-state index < -0.39 is 10.0 Å². The van der Waals surface area contributed by atoms with E-state index in [9.17, 15) is 13.2 Å². The van der Waals surface area contributed by atoms with Crippen molar-refractivity contribution in [1.29, 1.82) is 0 Å². The average Bonchev–Trinajstić information content (AvgIpc) is 3.37. The molecule has 132 valence electrons. The highest BCUT2D eigenvalue weighted by atomic mass is 32.2. The molecular formula is C18H26N2O3S. The number of hydrogen-bond acceptors (Lipinski definition) is 3. The molecule has 2 aliphatic rings. The Labute approximate surface area is 144 Å². The molecule has 1 amide bonds. The molecule has 1 N–H and O–H groups in total. The number of sulfonamides is 1. The molecule has 1 aromatic rings. The molecule has 0 bridgehead atoms.